The standard InChI is InChI=1S/C36H36FN3O6S/c37-30-14-8-27(9-15-30)24-40(34(41)19-13-26-10-16-31(17-11-26)47(43,44)39-20-4-5-21-39)35(29-6-2-1-3-7-29)36(42)38-23-28-12-18-32-33(22-28)46-25-45-32/h1-3,6-12,14-18,22,35H,4-5,13,19-21,23-25H2,(H,38,42). The molecule has 0 aliphatic carbocycles. The Balaban J connectivity index is 1.22. The molecule has 244 valence electrons. The number of ether oxygens (including phenoxy) is 2. The van der Waals surface area contributed by atoms with Gasteiger partial charge in [0.15, 0.2) is 11.5 Å². The van der Waals surface area contributed by atoms with Crippen LogP contribution in [0.15, 0.2) is 102 Å². The van der Waals surface area contributed by atoms with Crippen LogP contribution in [0.2, 0.25) is 0 Å². The maximum Gasteiger partial charge on any atom is 0.247 e. The molecule has 2 heterocycles. The number of aryl methyl sites for hydroxylation is 1. The molecule has 0 bridgehead atoms. The maximum atomic E-state index is 14.0. The molecular weight excluding hydrogens is 621 g/mol. The van der Waals surface area contributed by atoms with Gasteiger partial charge in [-0.15, -0.1) is 0 Å². The Kier molecular flexibility index (Phi) is 9.84. The lowest BCUT2D eigenvalue weighted by atomic mass is 10.0. The van der Waals surface area contributed by atoms with Gasteiger partial charge in [0.05, 0.1) is 4.90 Å². The molecule has 2 aliphatic heterocycles. The highest BCUT2D eigenvalue weighted by atomic mass is 32.2. The van der Waals surface area contributed by atoms with E-state index in [0.717, 1.165) is 24.0 Å². The fraction of sp³-hybridized carbons (Fsp3) is 0.278. The van der Waals surface area contributed by atoms with Gasteiger partial charge in [0.1, 0.15) is 11.9 Å². The molecule has 1 N–H and O–H groups in total. The van der Waals surface area contributed by atoms with Gasteiger partial charge in [0.2, 0.25) is 28.6 Å². The Bertz CT molecular complexity index is 1810. The van der Waals surface area contributed by atoms with E-state index in [4.69, 9.17) is 9.47 Å². The van der Waals surface area contributed by atoms with Crippen molar-refractivity contribution in [3.63, 3.8) is 0 Å². The molecule has 2 aliphatic rings. The molecule has 0 spiro atoms. The first-order chi connectivity index (χ1) is 22.8. The monoisotopic (exact) mass is 657 g/mol. The summed E-state index contributed by atoms with van der Waals surface area (Å²) in [6.07, 6.45) is 2.11. The summed E-state index contributed by atoms with van der Waals surface area (Å²) in [6, 6.07) is 26.0. The highest BCUT2D eigenvalue weighted by Crippen LogP contribution is 2.33. The molecule has 0 radical (unpaired) electrons. The van der Waals surface area contributed by atoms with Crippen molar-refractivity contribution in [2.75, 3.05) is 19.9 Å². The minimum Gasteiger partial charge on any atom is -0.454 e. The normalized spacial score (nSPS) is 14.9. The summed E-state index contributed by atoms with van der Waals surface area (Å²) in [5.41, 5.74) is 2.90. The number of nitrogens with one attached hydrogen (secondary N) is 1. The van der Waals surface area contributed by atoms with Crippen LogP contribution in [0.3, 0.4) is 0 Å². The van der Waals surface area contributed by atoms with Gasteiger partial charge < -0.3 is 19.7 Å². The van der Waals surface area contributed by atoms with E-state index in [1.807, 2.05) is 30.3 Å². The van der Waals surface area contributed by atoms with Crippen LogP contribution in [-0.4, -0.2) is 49.3 Å². The molecule has 1 saturated heterocycles. The summed E-state index contributed by atoms with van der Waals surface area (Å²) in [7, 11) is -3.54. The highest BCUT2D eigenvalue weighted by molar-refractivity contribution is 7.89. The number of fused-ring (bicyclic) bond motifs is 1. The van der Waals surface area contributed by atoms with E-state index in [9.17, 15) is 22.4 Å². The van der Waals surface area contributed by atoms with Crippen LogP contribution in [0, 0.1) is 5.82 Å². The zero-order chi connectivity index (χ0) is 32.8. The van der Waals surface area contributed by atoms with Gasteiger partial charge in [-0.1, -0.05) is 60.7 Å². The lowest BCUT2D eigenvalue weighted by molar-refractivity contribution is -0.141. The van der Waals surface area contributed by atoms with Gasteiger partial charge in [0, 0.05) is 32.6 Å². The molecule has 1 fully saturated rings. The minimum absolute atomic E-state index is 0.0676. The largest absolute Gasteiger partial charge is 0.454 e. The Labute approximate surface area is 274 Å². The number of nitrogens with zero attached hydrogens (tertiary/aromatic N) is 2. The van der Waals surface area contributed by atoms with Crippen molar-refractivity contribution in [1.82, 2.24) is 14.5 Å². The Hall–Kier alpha value is -4.74. The number of hydrogen-bond donors (Lipinski definition) is 1. The van der Waals surface area contributed by atoms with Crippen molar-refractivity contribution in [3.05, 3.63) is 125 Å². The van der Waals surface area contributed by atoms with Crippen LogP contribution >= 0.6 is 0 Å². The Morgan fingerprint density at radius 3 is 2.21 bits per heavy atom. The third-order valence-corrected chi connectivity index (χ3v) is 10.3. The van der Waals surface area contributed by atoms with Crippen LogP contribution in [0.1, 0.15) is 47.6 Å². The van der Waals surface area contributed by atoms with Gasteiger partial charge >= 0.3 is 0 Å². The summed E-state index contributed by atoms with van der Waals surface area (Å²) in [6.45, 7) is 1.46. The van der Waals surface area contributed by atoms with Crippen LogP contribution in [0.25, 0.3) is 0 Å². The van der Waals surface area contributed by atoms with Gasteiger partial charge in [-0.25, -0.2) is 12.8 Å². The van der Waals surface area contributed by atoms with E-state index < -0.39 is 21.9 Å². The molecule has 1 unspecified atom stereocenters. The fourth-order valence-corrected chi connectivity index (χ4v) is 7.37. The topological polar surface area (TPSA) is 105 Å². The average Bonchev–Trinajstić information content (AvgIpc) is 3.81. The van der Waals surface area contributed by atoms with Crippen LogP contribution < -0.4 is 14.8 Å². The molecule has 2 amide bonds. The zero-order valence-corrected chi connectivity index (χ0v) is 26.6. The van der Waals surface area contributed by atoms with Crippen molar-refractivity contribution in [2.24, 2.45) is 0 Å². The van der Waals surface area contributed by atoms with Gasteiger partial charge in [-0.05, 0) is 77.9 Å². The van der Waals surface area contributed by atoms with E-state index in [-0.39, 0.29) is 43.0 Å². The molecule has 0 saturated carbocycles. The van der Waals surface area contributed by atoms with Crippen LogP contribution in [0.4, 0.5) is 4.39 Å². The number of halogens is 1. The number of benzene rings is 4. The molecule has 0 aromatic heterocycles. The number of sulfonamides is 1. The number of carbonyl (C=O) groups excluding carboxylic acids is 2. The molecular formula is C36H36FN3O6S. The first-order valence-corrected chi connectivity index (χ1v) is 17.1. The zero-order valence-electron chi connectivity index (χ0n) is 25.8. The van der Waals surface area contributed by atoms with Crippen LogP contribution in [0.5, 0.6) is 11.5 Å². The van der Waals surface area contributed by atoms with Gasteiger partial charge in [-0.2, -0.15) is 4.31 Å². The lowest BCUT2D eigenvalue weighted by Crippen LogP contribution is -2.43. The summed E-state index contributed by atoms with van der Waals surface area (Å²) in [5, 5.41) is 2.99. The average molecular weight is 658 g/mol. The molecule has 1 atom stereocenters. The van der Waals surface area contributed by atoms with E-state index in [1.165, 1.54) is 21.3 Å². The molecule has 6 rings (SSSR count). The lowest BCUT2D eigenvalue weighted by Gasteiger charge is -2.32. The van der Waals surface area contributed by atoms with E-state index in [1.54, 1.807) is 54.6 Å². The van der Waals surface area contributed by atoms with Crippen molar-refractivity contribution in [3.8, 4) is 11.5 Å². The van der Waals surface area contributed by atoms with Crippen molar-refractivity contribution in [2.45, 2.75) is 49.7 Å². The molecule has 4 aromatic carbocycles. The second kappa shape index (κ2) is 14.4. The number of amides is 2. The number of carbonyl (C=O) groups is 2. The SMILES string of the molecule is O=C(NCc1ccc2c(c1)OCO2)C(c1ccccc1)N(Cc1ccc(F)cc1)C(=O)CCc1ccc(S(=O)(=O)N2CCCC2)cc1. The first kappa shape index (κ1) is 32.2. The smallest absolute Gasteiger partial charge is 0.247 e. The maximum absolute atomic E-state index is 14.0. The van der Waals surface area contributed by atoms with E-state index in [2.05, 4.69) is 5.32 Å². The summed E-state index contributed by atoms with van der Waals surface area (Å²) < 4.78 is 52.0. The highest BCUT2D eigenvalue weighted by Gasteiger charge is 2.32. The summed E-state index contributed by atoms with van der Waals surface area (Å²) in [4.78, 5) is 29.8. The molecule has 9 nitrogen and oxygen atoms in total. The number of hydrogen-bond acceptors (Lipinski definition) is 6. The molecule has 4 aromatic rings. The summed E-state index contributed by atoms with van der Waals surface area (Å²) >= 11 is 0. The first-order valence-electron chi connectivity index (χ1n) is 15.6. The Morgan fingerprint density at radius 1 is 0.830 bits per heavy atom. The third-order valence-electron chi connectivity index (χ3n) is 8.42. The van der Waals surface area contributed by atoms with Gasteiger partial charge in [-0.3, -0.25) is 9.59 Å². The second-order valence-electron chi connectivity index (χ2n) is 11.6. The van der Waals surface area contributed by atoms with Crippen molar-refractivity contribution in [1.29, 1.82) is 0 Å². The molecule has 47 heavy (non-hydrogen) atoms. The molecule has 11 heteroatoms. The quantitative estimate of drug-likeness (QED) is 0.220. The van der Waals surface area contributed by atoms with E-state index in [0.29, 0.717) is 42.1 Å². The predicted molar refractivity (Wildman–Crippen MR) is 173 cm³/mol. The summed E-state index contributed by atoms with van der Waals surface area (Å²) in [5.74, 6) is 0.186. The number of rotatable bonds is 12. The van der Waals surface area contributed by atoms with E-state index >= 15 is 0 Å². The second-order valence-corrected chi connectivity index (χ2v) is 13.6. The predicted octanol–water partition coefficient (Wildman–Crippen LogP) is 5.36. The third kappa shape index (κ3) is 7.64. The minimum atomic E-state index is -3.54. The van der Waals surface area contributed by atoms with Gasteiger partial charge in [0.25, 0.3) is 0 Å². The van der Waals surface area contributed by atoms with Crippen molar-refractivity contribution < 1.29 is 31.9 Å². The van der Waals surface area contributed by atoms with Crippen molar-refractivity contribution >= 4 is 21.8 Å². The van der Waals surface area contributed by atoms with Crippen LogP contribution in [-0.2, 0) is 39.1 Å². The fourth-order valence-electron chi connectivity index (χ4n) is 5.86. The Morgan fingerprint density at radius 2 is 1.49 bits per heavy atom.